The number of aromatic nitrogens is 1. The molecule has 0 saturated carbocycles. The molecule has 0 radical (unpaired) electrons. The summed E-state index contributed by atoms with van der Waals surface area (Å²) < 4.78 is 4.01. The number of benzene rings is 1. The maximum Gasteiger partial charge on any atom is 0.273 e. The minimum absolute atomic E-state index is 0.0287. The summed E-state index contributed by atoms with van der Waals surface area (Å²) in [5.41, 5.74) is 7.12. The fraction of sp³-hybridized carbons (Fsp3) is 0.312. The highest BCUT2D eigenvalue weighted by Gasteiger charge is 2.23. The Balaban J connectivity index is 2.11. The van der Waals surface area contributed by atoms with Crippen LogP contribution in [-0.2, 0) is 0 Å². The lowest BCUT2D eigenvalue weighted by atomic mass is 10.1. The fourth-order valence-electron chi connectivity index (χ4n) is 2.04. The van der Waals surface area contributed by atoms with Gasteiger partial charge in [-0.2, -0.15) is 4.37 Å². The normalized spacial score (nSPS) is 12.0. The van der Waals surface area contributed by atoms with Crippen LogP contribution < -0.4 is 16.4 Å². The Hall–Kier alpha value is -2.41. The zero-order valence-electron chi connectivity index (χ0n) is 13.3. The molecule has 0 spiro atoms. The Morgan fingerprint density at radius 3 is 2.35 bits per heavy atom. The quantitative estimate of drug-likeness (QED) is 0.783. The molecule has 0 bridgehead atoms. The molecule has 0 unspecified atom stereocenters. The first kappa shape index (κ1) is 17.0. The van der Waals surface area contributed by atoms with Crippen molar-refractivity contribution in [2.75, 3.05) is 5.73 Å². The number of nitrogens with zero attached hydrogens (tertiary/aromatic N) is 1. The summed E-state index contributed by atoms with van der Waals surface area (Å²) in [6, 6.07) is 9.40. The number of anilines is 1. The van der Waals surface area contributed by atoms with Gasteiger partial charge in [-0.1, -0.05) is 30.3 Å². The largest absolute Gasteiger partial charge is 0.395 e. The monoisotopic (exact) mass is 332 g/mol. The van der Waals surface area contributed by atoms with E-state index in [1.165, 1.54) is 0 Å². The number of carbonyl (C=O) groups is 2. The maximum atomic E-state index is 12.4. The number of hydrogen-bond donors (Lipinski definition) is 3. The second-order valence-electron chi connectivity index (χ2n) is 5.51. The van der Waals surface area contributed by atoms with Crippen molar-refractivity contribution in [1.29, 1.82) is 0 Å². The van der Waals surface area contributed by atoms with Crippen LogP contribution in [0.4, 0.5) is 5.69 Å². The van der Waals surface area contributed by atoms with Gasteiger partial charge in [-0.15, -0.1) is 0 Å². The van der Waals surface area contributed by atoms with Gasteiger partial charge in [-0.25, -0.2) is 0 Å². The van der Waals surface area contributed by atoms with Crippen molar-refractivity contribution in [3.05, 3.63) is 46.5 Å². The number of carbonyl (C=O) groups excluding carboxylic acids is 2. The van der Waals surface area contributed by atoms with Crippen LogP contribution >= 0.6 is 11.5 Å². The maximum absolute atomic E-state index is 12.4. The van der Waals surface area contributed by atoms with Crippen LogP contribution in [0.3, 0.4) is 0 Å². The van der Waals surface area contributed by atoms with Gasteiger partial charge in [0.05, 0.1) is 11.7 Å². The average molecular weight is 332 g/mol. The zero-order valence-corrected chi connectivity index (χ0v) is 14.1. The van der Waals surface area contributed by atoms with Crippen molar-refractivity contribution >= 4 is 29.0 Å². The van der Waals surface area contributed by atoms with Gasteiger partial charge in [-0.05, 0) is 37.9 Å². The molecule has 0 fully saturated rings. The van der Waals surface area contributed by atoms with Crippen molar-refractivity contribution in [3.8, 4) is 0 Å². The Morgan fingerprint density at radius 1 is 1.09 bits per heavy atom. The van der Waals surface area contributed by atoms with Gasteiger partial charge in [-0.3, -0.25) is 9.59 Å². The summed E-state index contributed by atoms with van der Waals surface area (Å²) in [5, 5.41) is 5.58. The third-order valence-corrected chi connectivity index (χ3v) is 4.08. The summed E-state index contributed by atoms with van der Waals surface area (Å²) in [4.78, 5) is 24.6. The predicted molar refractivity (Wildman–Crippen MR) is 91.5 cm³/mol. The van der Waals surface area contributed by atoms with Crippen molar-refractivity contribution in [2.45, 2.75) is 32.9 Å². The summed E-state index contributed by atoms with van der Waals surface area (Å²) in [5.74, 6) is -0.705. The first-order chi connectivity index (χ1) is 10.9. The summed E-state index contributed by atoms with van der Waals surface area (Å²) in [7, 11) is 0. The second kappa shape index (κ2) is 7.23. The molecule has 122 valence electrons. The highest BCUT2D eigenvalue weighted by atomic mass is 32.1. The molecule has 1 heterocycles. The molecule has 1 atom stereocenters. The molecule has 0 aliphatic heterocycles. The van der Waals surface area contributed by atoms with E-state index in [1.807, 2.05) is 51.1 Å². The fourth-order valence-corrected chi connectivity index (χ4v) is 2.74. The van der Waals surface area contributed by atoms with Gasteiger partial charge in [0.1, 0.15) is 4.88 Å². The first-order valence-electron chi connectivity index (χ1n) is 7.32. The van der Waals surface area contributed by atoms with Gasteiger partial charge in [0.15, 0.2) is 5.69 Å². The van der Waals surface area contributed by atoms with Crippen LogP contribution in [0.5, 0.6) is 0 Å². The number of hydrogen-bond acceptors (Lipinski definition) is 5. The number of rotatable bonds is 5. The molecule has 0 saturated heterocycles. The van der Waals surface area contributed by atoms with E-state index in [0.717, 1.165) is 17.1 Å². The van der Waals surface area contributed by atoms with E-state index in [0.29, 0.717) is 0 Å². The summed E-state index contributed by atoms with van der Waals surface area (Å²) in [6.07, 6.45) is 0. The van der Waals surface area contributed by atoms with Gasteiger partial charge in [0.2, 0.25) is 0 Å². The van der Waals surface area contributed by atoms with Gasteiger partial charge in [0, 0.05) is 6.04 Å². The molecule has 1 aromatic carbocycles. The van der Waals surface area contributed by atoms with E-state index in [2.05, 4.69) is 15.0 Å². The number of nitrogen functional groups attached to an aromatic ring is 1. The Bertz CT molecular complexity index is 697. The summed E-state index contributed by atoms with van der Waals surface area (Å²) in [6.45, 7) is 5.57. The molecule has 4 N–H and O–H groups in total. The third kappa shape index (κ3) is 4.07. The average Bonchev–Trinajstić information content (AvgIpc) is 2.89. The van der Waals surface area contributed by atoms with E-state index < -0.39 is 0 Å². The molecule has 2 rings (SSSR count). The van der Waals surface area contributed by atoms with Crippen LogP contribution in [0, 0.1) is 0 Å². The molecule has 6 nitrogen and oxygen atoms in total. The van der Waals surface area contributed by atoms with Crippen molar-refractivity contribution < 1.29 is 9.59 Å². The highest BCUT2D eigenvalue weighted by Crippen LogP contribution is 2.23. The van der Waals surface area contributed by atoms with Crippen LogP contribution in [0.2, 0.25) is 0 Å². The topological polar surface area (TPSA) is 97.1 Å². The smallest absolute Gasteiger partial charge is 0.273 e. The Kier molecular flexibility index (Phi) is 5.33. The highest BCUT2D eigenvalue weighted by molar-refractivity contribution is 7.09. The third-order valence-electron chi connectivity index (χ3n) is 3.22. The van der Waals surface area contributed by atoms with Crippen LogP contribution in [0.15, 0.2) is 30.3 Å². The van der Waals surface area contributed by atoms with Crippen molar-refractivity contribution in [1.82, 2.24) is 15.0 Å². The number of amides is 2. The second-order valence-corrected chi connectivity index (χ2v) is 6.28. The van der Waals surface area contributed by atoms with Crippen molar-refractivity contribution in [3.63, 3.8) is 0 Å². The van der Waals surface area contributed by atoms with Crippen molar-refractivity contribution in [2.24, 2.45) is 0 Å². The molecular weight excluding hydrogens is 312 g/mol. The molecule has 2 aromatic rings. The predicted octanol–water partition coefficient (Wildman–Crippen LogP) is 2.35. The minimum Gasteiger partial charge on any atom is -0.395 e. The Labute approximate surface area is 139 Å². The first-order valence-corrected chi connectivity index (χ1v) is 8.09. The molecule has 2 amide bonds. The Morgan fingerprint density at radius 2 is 1.74 bits per heavy atom. The van der Waals surface area contributed by atoms with Crippen LogP contribution in [-0.4, -0.2) is 22.2 Å². The van der Waals surface area contributed by atoms with Gasteiger partial charge >= 0.3 is 0 Å². The van der Waals surface area contributed by atoms with E-state index in [-0.39, 0.29) is 40.2 Å². The number of nitrogens with two attached hydrogens (primary N) is 1. The zero-order chi connectivity index (χ0) is 17.0. The van der Waals surface area contributed by atoms with E-state index in [1.54, 1.807) is 0 Å². The lowest BCUT2D eigenvalue weighted by Gasteiger charge is -2.13. The number of nitrogens with one attached hydrogen (secondary N) is 2. The van der Waals surface area contributed by atoms with Crippen LogP contribution in [0.25, 0.3) is 0 Å². The standard InChI is InChI=1S/C16H20N4O2S/c1-9(2)18-15(21)13-12(17)14(23-20-13)16(22)19-10(3)11-7-5-4-6-8-11/h4-10H,17H2,1-3H3,(H,18,21)(H,19,22)/t10-/m1/s1. The van der Waals surface area contributed by atoms with Gasteiger partial charge < -0.3 is 16.4 Å². The lowest BCUT2D eigenvalue weighted by Crippen LogP contribution is -2.31. The molecule has 0 aliphatic carbocycles. The summed E-state index contributed by atoms with van der Waals surface area (Å²) >= 11 is 0.929. The molecule has 23 heavy (non-hydrogen) atoms. The molecular formula is C16H20N4O2S. The molecule has 0 aliphatic rings. The van der Waals surface area contributed by atoms with Gasteiger partial charge in [0.25, 0.3) is 11.8 Å². The van der Waals surface area contributed by atoms with E-state index in [4.69, 9.17) is 5.73 Å². The lowest BCUT2D eigenvalue weighted by molar-refractivity contribution is 0.0938. The minimum atomic E-state index is -0.371. The van der Waals surface area contributed by atoms with E-state index >= 15 is 0 Å². The van der Waals surface area contributed by atoms with E-state index in [9.17, 15) is 9.59 Å². The molecule has 7 heteroatoms. The molecule has 1 aromatic heterocycles. The SMILES string of the molecule is CC(C)NC(=O)c1nsc(C(=O)N[C@H](C)c2ccccc2)c1N. The van der Waals surface area contributed by atoms with Crippen LogP contribution in [0.1, 0.15) is 52.5 Å².